The lowest BCUT2D eigenvalue weighted by Gasteiger charge is -2.38. The molecular weight excluding hydrogens is 482 g/mol. The van der Waals surface area contributed by atoms with Crippen LogP contribution in [0, 0.1) is 0 Å². The highest BCUT2D eigenvalue weighted by molar-refractivity contribution is 5.80. The van der Waals surface area contributed by atoms with Crippen LogP contribution in [0.25, 0.3) is 10.9 Å². The number of tetrazole rings is 1. The summed E-state index contributed by atoms with van der Waals surface area (Å²) in [5, 5.41) is 13.7. The SMILES string of the molecule is COc1ccc2cc([C@H](c3nnnn3C[C@@H]3CCCO3)N3CCN(Cc4ccccc4)CC3)c(=O)[nH]c2c1. The Balaban J connectivity index is 1.32. The summed E-state index contributed by atoms with van der Waals surface area (Å²) in [5.41, 5.74) is 2.54. The van der Waals surface area contributed by atoms with Crippen molar-refractivity contribution in [2.75, 3.05) is 39.9 Å². The Morgan fingerprint density at radius 2 is 1.95 bits per heavy atom. The van der Waals surface area contributed by atoms with Gasteiger partial charge in [-0.2, -0.15) is 0 Å². The Kier molecular flexibility index (Phi) is 7.17. The summed E-state index contributed by atoms with van der Waals surface area (Å²) in [6, 6.07) is 17.9. The first kappa shape index (κ1) is 24.7. The first-order valence-electron chi connectivity index (χ1n) is 13.3. The molecule has 2 atom stereocenters. The van der Waals surface area contributed by atoms with Crippen molar-refractivity contribution in [2.24, 2.45) is 0 Å². The van der Waals surface area contributed by atoms with Crippen LogP contribution in [0.3, 0.4) is 0 Å². The molecule has 1 N–H and O–H groups in total. The van der Waals surface area contributed by atoms with E-state index < -0.39 is 0 Å². The zero-order valence-corrected chi connectivity index (χ0v) is 21.6. The fourth-order valence-corrected chi connectivity index (χ4v) is 5.57. The largest absolute Gasteiger partial charge is 0.497 e. The first-order chi connectivity index (χ1) is 18.7. The lowest BCUT2D eigenvalue weighted by molar-refractivity contribution is 0.0840. The van der Waals surface area contributed by atoms with E-state index in [1.54, 1.807) is 7.11 Å². The minimum absolute atomic E-state index is 0.0861. The molecule has 2 saturated heterocycles. The number of hydrogen-bond donors (Lipinski definition) is 1. The molecule has 0 amide bonds. The van der Waals surface area contributed by atoms with Gasteiger partial charge in [-0.05, 0) is 52.4 Å². The van der Waals surface area contributed by atoms with Crippen LogP contribution < -0.4 is 10.3 Å². The lowest BCUT2D eigenvalue weighted by atomic mass is 10.0. The van der Waals surface area contributed by atoms with Crippen molar-refractivity contribution in [1.29, 1.82) is 0 Å². The van der Waals surface area contributed by atoms with Crippen molar-refractivity contribution in [2.45, 2.75) is 38.1 Å². The number of aromatic amines is 1. The summed E-state index contributed by atoms with van der Waals surface area (Å²) >= 11 is 0. The molecule has 4 aromatic rings. The molecule has 38 heavy (non-hydrogen) atoms. The predicted molar refractivity (Wildman–Crippen MR) is 143 cm³/mol. The summed E-state index contributed by atoms with van der Waals surface area (Å²) in [7, 11) is 1.62. The van der Waals surface area contributed by atoms with Gasteiger partial charge in [0, 0.05) is 51.0 Å². The molecule has 2 fully saturated rings. The monoisotopic (exact) mass is 515 g/mol. The van der Waals surface area contributed by atoms with Gasteiger partial charge in [0.25, 0.3) is 5.56 Å². The van der Waals surface area contributed by atoms with Crippen molar-refractivity contribution >= 4 is 10.9 Å². The number of nitrogens with zero attached hydrogens (tertiary/aromatic N) is 6. The second-order valence-electron chi connectivity index (χ2n) is 10.1. The van der Waals surface area contributed by atoms with E-state index in [-0.39, 0.29) is 17.7 Å². The van der Waals surface area contributed by atoms with Crippen LogP contribution in [0.5, 0.6) is 5.75 Å². The average molecular weight is 516 g/mol. The topological polar surface area (TPSA) is 101 Å². The second kappa shape index (κ2) is 11.0. The van der Waals surface area contributed by atoms with Crippen molar-refractivity contribution in [3.8, 4) is 5.75 Å². The second-order valence-corrected chi connectivity index (χ2v) is 10.1. The van der Waals surface area contributed by atoms with Gasteiger partial charge in [0.1, 0.15) is 11.8 Å². The van der Waals surface area contributed by atoms with Crippen molar-refractivity contribution in [3.05, 3.63) is 81.9 Å². The standard InChI is InChI=1S/C28H33N7O3/c1-37-22-10-9-21-16-24(28(36)29-25(21)17-22)26(27-30-31-32-35(27)19-23-8-5-15-38-23)34-13-11-33(12-14-34)18-20-6-3-2-4-7-20/h2-4,6-7,9-10,16-17,23,26H,5,8,11-15,18-19H2,1H3,(H,29,36)/t23-,26+/m0/s1. The number of fused-ring (bicyclic) bond motifs is 1. The number of methoxy groups -OCH3 is 1. The minimum atomic E-state index is -0.375. The van der Waals surface area contributed by atoms with Crippen molar-refractivity contribution < 1.29 is 9.47 Å². The van der Waals surface area contributed by atoms with Gasteiger partial charge in [-0.15, -0.1) is 5.10 Å². The third kappa shape index (κ3) is 5.20. The van der Waals surface area contributed by atoms with Crippen LogP contribution in [-0.4, -0.2) is 81.0 Å². The van der Waals surface area contributed by atoms with E-state index in [4.69, 9.17) is 9.47 Å². The Bertz CT molecular complexity index is 1420. The summed E-state index contributed by atoms with van der Waals surface area (Å²) in [6.45, 7) is 5.63. The van der Waals surface area contributed by atoms with E-state index in [9.17, 15) is 4.79 Å². The molecule has 0 spiro atoms. The van der Waals surface area contributed by atoms with E-state index in [1.807, 2.05) is 35.0 Å². The molecule has 10 heteroatoms. The number of nitrogens with one attached hydrogen (secondary N) is 1. The number of benzene rings is 2. The van der Waals surface area contributed by atoms with Crippen LogP contribution in [-0.2, 0) is 17.8 Å². The number of piperazine rings is 1. The quantitative estimate of drug-likeness (QED) is 0.382. The Labute approximate surface area is 221 Å². The summed E-state index contributed by atoms with van der Waals surface area (Å²) in [6.07, 6.45) is 2.12. The van der Waals surface area contributed by atoms with Crippen molar-refractivity contribution in [1.82, 2.24) is 35.0 Å². The molecule has 2 aromatic heterocycles. The normalized spacial score (nSPS) is 19.7. The molecular formula is C28H33N7O3. The van der Waals surface area contributed by atoms with E-state index in [1.165, 1.54) is 5.56 Å². The number of rotatable bonds is 8. The molecule has 0 saturated carbocycles. The Hall–Kier alpha value is -3.60. The molecule has 198 valence electrons. The molecule has 0 bridgehead atoms. The highest BCUT2D eigenvalue weighted by atomic mass is 16.5. The molecule has 0 aliphatic carbocycles. The van der Waals surface area contributed by atoms with Gasteiger partial charge in [-0.1, -0.05) is 30.3 Å². The molecule has 10 nitrogen and oxygen atoms in total. The van der Waals surface area contributed by atoms with Gasteiger partial charge in [-0.3, -0.25) is 14.6 Å². The number of ether oxygens (including phenoxy) is 2. The maximum Gasteiger partial charge on any atom is 0.253 e. The number of H-pyrrole nitrogens is 1. The first-order valence-corrected chi connectivity index (χ1v) is 13.3. The summed E-state index contributed by atoms with van der Waals surface area (Å²) in [4.78, 5) is 21.4. The van der Waals surface area contributed by atoms with Crippen LogP contribution in [0.1, 0.15) is 35.8 Å². The van der Waals surface area contributed by atoms with Crippen LogP contribution in [0.2, 0.25) is 0 Å². The van der Waals surface area contributed by atoms with Crippen LogP contribution >= 0.6 is 0 Å². The lowest BCUT2D eigenvalue weighted by Crippen LogP contribution is -2.48. The molecule has 0 unspecified atom stereocenters. The molecule has 2 aliphatic rings. The Morgan fingerprint density at radius 1 is 1.11 bits per heavy atom. The molecule has 4 heterocycles. The fourth-order valence-electron chi connectivity index (χ4n) is 5.57. The van der Waals surface area contributed by atoms with E-state index in [0.717, 1.165) is 63.1 Å². The zero-order chi connectivity index (χ0) is 25.9. The van der Waals surface area contributed by atoms with Crippen molar-refractivity contribution in [3.63, 3.8) is 0 Å². The van der Waals surface area contributed by atoms with Gasteiger partial charge in [0.15, 0.2) is 5.82 Å². The third-order valence-corrected chi connectivity index (χ3v) is 7.60. The summed E-state index contributed by atoms with van der Waals surface area (Å²) < 4.78 is 13.0. The van der Waals surface area contributed by atoms with Gasteiger partial charge < -0.3 is 14.5 Å². The molecule has 0 radical (unpaired) electrons. The molecule has 6 rings (SSSR count). The summed E-state index contributed by atoms with van der Waals surface area (Å²) in [5.74, 6) is 1.38. The van der Waals surface area contributed by atoms with Gasteiger partial charge in [-0.25, -0.2) is 4.68 Å². The highest BCUT2D eigenvalue weighted by Crippen LogP contribution is 2.29. The smallest absolute Gasteiger partial charge is 0.253 e. The van der Waals surface area contributed by atoms with E-state index in [2.05, 4.69) is 54.6 Å². The van der Waals surface area contributed by atoms with Gasteiger partial charge in [0.05, 0.1) is 25.3 Å². The maximum absolute atomic E-state index is 13.5. The Morgan fingerprint density at radius 3 is 2.71 bits per heavy atom. The highest BCUT2D eigenvalue weighted by Gasteiger charge is 2.33. The van der Waals surface area contributed by atoms with Crippen LogP contribution in [0.4, 0.5) is 0 Å². The minimum Gasteiger partial charge on any atom is -0.497 e. The van der Waals surface area contributed by atoms with E-state index in [0.29, 0.717) is 23.7 Å². The molecule has 2 aromatic carbocycles. The maximum atomic E-state index is 13.5. The number of pyridine rings is 1. The van der Waals surface area contributed by atoms with Crippen LogP contribution in [0.15, 0.2) is 59.4 Å². The van der Waals surface area contributed by atoms with Gasteiger partial charge >= 0.3 is 0 Å². The third-order valence-electron chi connectivity index (χ3n) is 7.60. The average Bonchev–Trinajstić information content (AvgIpc) is 3.63. The van der Waals surface area contributed by atoms with E-state index >= 15 is 0 Å². The predicted octanol–water partition coefficient (Wildman–Crippen LogP) is 2.61. The fraction of sp³-hybridized carbons (Fsp3) is 0.429. The zero-order valence-electron chi connectivity index (χ0n) is 21.6. The number of hydrogen-bond acceptors (Lipinski definition) is 8. The number of aromatic nitrogens is 5. The van der Waals surface area contributed by atoms with Gasteiger partial charge in [0.2, 0.25) is 0 Å². The molecule has 2 aliphatic heterocycles.